The number of carbonyl (C=O) groups excluding carboxylic acids is 1. The van der Waals surface area contributed by atoms with Gasteiger partial charge < -0.3 is 9.47 Å². The minimum absolute atomic E-state index is 0.104. The lowest BCUT2D eigenvalue weighted by molar-refractivity contribution is -0.151. The Kier molecular flexibility index (Phi) is 6.87. The third-order valence-electron chi connectivity index (χ3n) is 9.79. The first kappa shape index (κ1) is 29.9. The Balaban J connectivity index is 1.32. The maximum atomic E-state index is 14.1. The average Bonchev–Trinajstić information content (AvgIpc) is 3.94. The first-order valence-electron chi connectivity index (χ1n) is 15.5. The molecule has 0 N–H and O–H groups in total. The third-order valence-corrected chi connectivity index (χ3v) is 11.6. The minimum Gasteiger partial charge on any atom is -0.469 e. The Morgan fingerprint density at radius 3 is 2.58 bits per heavy atom. The van der Waals surface area contributed by atoms with Gasteiger partial charge in [-0.25, -0.2) is 13.4 Å². The molecule has 10 nitrogen and oxygen atoms in total. The van der Waals surface area contributed by atoms with Crippen molar-refractivity contribution in [1.29, 1.82) is 0 Å². The first-order chi connectivity index (χ1) is 21.3. The van der Waals surface area contributed by atoms with E-state index >= 15 is 0 Å². The molecule has 0 radical (unpaired) electrons. The maximum Gasteiger partial charge on any atom is 0.312 e. The lowest BCUT2D eigenvalue weighted by Gasteiger charge is -2.34. The van der Waals surface area contributed by atoms with Crippen molar-refractivity contribution in [3.8, 4) is 5.88 Å². The highest BCUT2D eigenvalue weighted by molar-refractivity contribution is 7.89. The quantitative estimate of drug-likeness (QED) is 0.251. The van der Waals surface area contributed by atoms with Crippen LogP contribution in [0, 0.1) is 26.2 Å². The molecule has 0 saturated heterocycles. The summed E-state index contributed by atoms with van der Waals surface area (Å²) in [5.74, 6) is 0.854. The van der Waals surface area contributed by atoms with Crippen molar-refractivity contribution in [1.82, 2.24) is 23.9 Å². The second kappa shape index (κ2) is 10.3. The number of fused-ring (bicyclic) bond motifs is 2. The van der Waals surface area contributed by atoms with Crippen LogP contribution in [0.25, 0.3) is 5.65 Å². The lowest BCUT2D eigenvalue weighted by Crippen LogP contribution is -2.38. The SMILES string of the molecule is COC(=O)C(C)(C)[C@H](c1ccc(C)c(CN2CC3(CC3)Oc3ncc(C)cc3S2(=O)=O)c1)c1ccn2c(C3CC3)nnc2c1C. The van der Waals surface area contributed by atoms with Crippen molar-refractivity contribution in [2.75, 3.05) is 13.7 Å². The molecule has 0 bridgehead atoms. The van der Waals surface area contributed by atoms with Gasteiger partial charge >= 0.3 is 5.97 Å². The fourth-order valence-electron chi connectivity index (χ4n) is 6.76. The number of nitrogens with zero attached hydrogens (tertiary/aromatic N) is 5. The number of benzene rings is 1. The van der Waals surface area contributed by atoms with Crippen LogP contribution in [0.3, 0.4) is 0 Å². The zero-order valence-electron chi connectivity index (χ0n) is 26.6. The molecular weight excluding hydrogens is 590 g/mol. The van der Waals surface area contributed by atoms with Crippen molar-refractivity contribution in [3.05, 3.63) is 81.9 Å². The van der Waals surface area contributed by atoms with E-state index in [1.165, 1.54) is 11.4 Å². The number of esters is 1. The van der Waals surface area contributed by atoms with Gasteiger partial charge in [0.15, 0.2) is 5.65 Å². The molecule has 7 rings (SSSR count). The molecule has 3 aromatic heterocycles. The molecule has 1 aromatic carbocycles. The summed E-state index contributed by atoms with van der Waals surface area (Å²) in [5.41, 5.74) is 4.62. The Hall–Kier alpha value is -3.83. The smallest absolute Gasteiger partial charge is 0.312 e. The van der Waals surface area contributed by atoms with E-state index in [-0.39, 0.29) is 29.8 Å². The highest BCUT2D eigenvalue weighted by Gasteiger charge is 2.52. The molecule has 1 aliphatic heterocycles. The molecule has 236 valence electrons. The summed E-state index contributed by atoms with van der Waals surface area (Å²) in [6.07, 6.45) is 7.43. The molecular formula is C34H39N5O5S. The van der Waals surface area contributed by atoms with E-state index in [0.29, 0.717) is 5.92 Å². The van der Waals surface area contributed by atoms with Gasteiger partial charge in [0.25, 0.3) is 0 Å². The van der Waals surface area contributed by atoms with Crippen LogP contribution >= 0.6 is 0 Å². The standard InChI is InChI=1S/C34H39N5O5S/c1-20-15-27-31(35-17-20)44-34(12-13-34)19-38(45(27,41)42)18-25-16-24(8-7-21(25)2)28(33(4,5)32(40)43-6)26-11-14-39-29(22(26)3)36-37-30(39)23-9-10-23/h7-8,11,14-17,23,28H,9-10,12-13,18-19H2,1-6H3/t28-/m1/s1. The summed E-state index contributed by atoms with van der Waals surface area (Å²) in [7, 11) is -2.49. The van der Waals surface area contributed by atoms with E-state index < -0.39 is 27.0 Å². The van der Waals surface area contributed by atoms with Gasteiger partial charge in [0.2, 0.25) is 15.9 Å². The molecule has 11 heteroatoms. The van der Waals surface area contributed by atoms with Crippen LogP contribution in [-0.2, 0) is 26.1 Å². The van der Waals surface area contributed by atoms with E-state index in [1.807, 2.05) is 59.0 Å². The summed E-state index contributed by atoms with van der Waals surface area (Å²) < 4.78 is 43.3. The largest absolute Gasteiger partial charge is 0.469 e. The zero-order chi connectivity index (χ0) is 31.9. The Bertz CT molecular complexity index is 1960. The highest BCUT2D eigenvalue weighted by Crippen LogP contribution is 2.47. The van der Waals surface area contributed by atoms with Crippen LogP contribution in [0.4, 0.5) is 0 Å². The number of aryl methyl sites for hydroxylation is 3. The van der Waals surface area contributed by atoms with Crippen molar-refractivity contribution < 1.29 is 22.7 Å². The number of hydrogen-bond acceptors (Lipinski definition) is 8. The molecule has 0 unspecified atom stereocenters. The molecule has 2 fully saturated rings. The minimum atomic E-state index is -3.90. The second-order valence-corrected chi connectivity index (χ2v) is 15.5. The molecule has 45 heavy (non-hydrogen) atoms. The number of sulfonamides is 1. The average molecular weight is 630 g/mol. The molecule has 2 aliphatic carbocycles. The highest BCUT2D eigenvalue weighted by atomic mass is 32.2. The van der Waals surface area contributed by atoms with Crippen molar-refractivity contribution in [2.45, 2.75) is 89.2 Å². The van der Waals surface area contributed by atoms with E-state index in [2.05, 4.69) is 25.6 Å². The van der Waals surface area contributed by atoms with Crippen molar-refractivity contribution in [3.63, 3.8) is 0 Å². The number of carbonyl (C=O) groups is 1. The molecule has 4 aromatic rings. The number of pyridine rings is 2. The van der Waals surface area contributed by atoms with Crippen LogP contribution < -0.4 is 4.74 Å². The molecule has 0 amide bonds. The normalized spacial score (nSPS) is 19.5. The Morgan fingerprint density at radius 1 is 1.13 bits per heavy atom. The van der Waals surface area contributed by atoms with E-state index in [1.54, 1.807) is 12.3 Å². The Morgan fingerprint density at radius 2 is 1.89 bits per heavy atom. The zero-order valence-corrected chi connectivity index (χ0v) is 27.4. The maximum absolute atomic E-state index is 14.1. The van der Waals surface area contributed by atoms with Crippen LogP contribution in [0.15, 0.2) is 47.6 Å². The van der Waals surface area contributed by atoms with E-state index in [4.69, 9.17) is 9.47 Å². The van der Waals surface area contributed by atoms with Gasteiger partial charge in [-0.3, -0.25) is 9.20 Å². The molecule has 4 heterocycles. The van der Waals surface area contributed by atoms with Gasteiger partial charge in [-0.15, -0.1) is 10.2 Å². The number of ether oxygens (including phenoxy) is 2. The predicted molar refractivity (Wildman–Crippen MR) is 168 cm³/mol. The van der Waals surface area contributed by atoms with Gasteiger partial charge in [0.1, 0.15) is 16.3 Å². The van der Waals surface area contributed by atoms with Crippen molar-refractivity contribution in [2.24, 2.45) is 5.41 Å². The van der Waals surface area contributed by atoms with E-state index in [9.17, 15) is 13.2 Å². The molecule has 1 atom stereocenters. The van der Waals surface area contributed by atoms with Crippen LogP contribution in [0.5, 0.6) is 5.88 Å². The summed E-state index contributed by atoms with van der Waals surface area (Å²) >= 11 is 0. The first-order valence-corrected chi connectivity index (χ1v) is 17.0. The third kappa shape index (κ3) is 5.00. The second-order valence-electron chi connectivity index (χ2n) is 13.6. The molecule has 1 spiro atoms. The molecule has 3 aliphatic rings. The monoisotopic (exact) mass is 629 g/mol. The van der Waals surface area contributed by atoms with Gasteiger partial charge in [-0.1, -0.05) is 18.2 Å². The fraction of sp³-hybridized carbons (Fsp3) is 0.471. The summed E-state index contributed by atoms with van der Waals surface area (Å²) in [6.45, 7) is 10.0. The summed E-state index contributed by atoms with van der Waals surface area (Å²) in [5, 5.41) is 9.05. The van der Waals surface area contributed by atoms with Gasteiger partial charge in [-0.2, -0.15) is 4.31 Å². The van der Waals surface area contributed by atoms with Crippen LogP contribution in [-0.4, -0.2) is 57.5 Å². The lowest BCUT2D eigenvalue weighted by atomic mass is 9.70. The predicted octanol–water partition coefficient (Wildman–Crippen LogP) is 5.37. The van der Waals surface area contributed by atoms with Gasteiger partial charge in [0, 0.05) is 30.8 Å². The number of hydrogen-bond donors (Lipinski definition) is 0. The summed E-state index contributed by atoms with van der Waals surface area (Å²) in [6, 6.07) is 9.79. The number of rotatable bonds is 7. The number of methoxy groups -OCH3 is 1. The Labute approximate surface area is 263 Å². The summed E-state index contributed by atoms with van der Waals surface area (Å²) in [4.78, 5) is 17.8. The van der Waals surface area contributed by atoms with E-state index in [0.717, 1.165) is 70.5 Å². The molecule has 2 saturated carbocycles. The fourth-order valence-corrected chi connectivity index (χ4v) is 8.40. The number of aromatic nitrogens is 4. The van der Waals surface area contributed by atoms with Crippen LogP contribution in [0.2, 0.25) is 0 Å². The van der Waals surface area contributed by atoms with Gasteiger partial charge in [-0.05, 0) is 106 Å². The van der Waals surface area contributed by atoms with Crippen LogP contribution in [0.1, 0.15) is 90.6 Å². The van der Waals surface area contributed by atoms with Gasteiger partial charge in [0.05, 0.1) is 19.1 Å². The topological polar surface area (TPSA) is 116 Å². The van der Waals surface area contributed by atoms with Crippen molar-refractivity contribution >= 4 is 21.6 Å².